The molecule has 0 unspecified atom stereocenters. The lowest BCUT2D eigenvalue weighted by atomic mass is 10.1. The average molecular weight is 378 g/mol. The summed E-state index contributed by atoms with van der Waals surface area (Å²) in [7, 11) is 1.50. The molecule has 8 heteroatoms. The highest BCUT2D eigenvalue weighted by molar-refractivity contribution is 8.01. The molecule has 3 aromatic rings. The van der Waals surface area contributed by atoms with Gasteiger partial charge in [0.1, 0.15) is 5.76 Å². The SMILES string of the molecule is Cc1occc1Sc1sc(CN(C)C(=O)O)cc1-c1cccnc1F. The molecule has 0 aliphatic carbocycles. The number of aryl methyl sites for hydroxylation is 1. The van der Waals surface area contributed by atoms with Crippen LogP contribution in [-0.2, 0) is 6.54 Å². The maximum Gasteiger partial charge on any atom is 0.407 e. The summed E-state index contributed by atoms with van der Waals surface area (Å²) < 4.78 is 20.4. The summed E-state index contributed by atoms with van der Waals surface area (Å²) in [6, 6.07) is 7.02. The van der Waals surface area contributed by atoms with Gasteiger partial charge in [-0.15, -0.1) is 11.3 Å². The number of amides is 1. The fourth-order valence-electron chi connectivity index (χ4n) is 2.23. The minimum Gasteiger partial charge on any atom is -0.468 e. The number of carbonyl (C=O) groups is 1. The van der Waals surface area contributed by atoms with Crippen LogP contribution in [0.25, 0.3) is 11.1 Å². The number of hydrogen-bond donors (Lipinski definition) is 1. The van der Waals surface area contributed by atoms with Gasteiger partial charge in [0.2, 0.25) is 5.95 Å². The lowest BCUT2D eigenvalue weighted by molar-refractivity contribution is 0.154. The van der Waals surface area contributed by atoms with E-state index in [-0.39, 0.29) is 6.54 Å². The fourth-order valence-corrected chi connectivity index (χ4v) is 4.74. The van der Waals surface area contributed by atoms with Crippen molar-refractivity contribution >= 4 is 29.2 Å². The molecule has 0 atom stereocenters. The molecule has 0 aliphatic rings. The summed E-state index contributed by atoms with van der Waals surface area (Å²) in [5.74, 6) is 0.226. The Morgan fingerprint density at radius 3 is 2.88 bits per heavy atom. The van der Waals surface area contributed by atoms with Gasteiger partial charge < -0.3 is 14.4 Å². The van der Waals surface area contributed by atoms with Crippen LogP contribution in [-0.4, -0.2) is 28.1 Å². The Labute approximate surface area is 152 Å². The number of hydrogen-bond acceptors (Lipinski definition) is 5. The van der Waals surface area contributed by atoms with E-state index in [1.807, 2.05) is 19.1 Å². The molecule has 1 N–H and O–H groups in total. The molecule has 0 saturated heterocycles. The normalized spacial score (nSPS) is 10.8. The molecule has 0 fully saturated rings. The molecule has 0 radical (unpaired) electrons. The molecule has 0 aromatic carbocycles. The van der Waals surface area contributed by atoms with Crippen LogP contribution in [0.4, 0.5) is 9.18 Å². The Balaban J connectivity index is 2.02. The van der Waals surface area contributed by atoms with Gasteiger partial charge in [-0.25, -0.2) is 9.78 Å². The van der Waals surface area contributed by atoms with Gasteiger partial charge in [0.05, 0.1) is 21.9 Å². The molecule has 3 heterocycles. The highest BCUT2D eigenvalue weighted by Gasteiger charge is 2.19. The van der Waals surface area contributed by atoms with Crippen molar-refractivity contribution < 1.29 is 18.7 Å². The Hall–Kier alpha value is -2.32. The van der Waals surface area contributed by atoms with Crippen LogP contribution in [0.5, 0.6) is 0 Å². The van der Waals surface area contributed by atoms with Gasteiger partial charge in [0.25, 0.3) is 0 Å². The van der Waals surface area contributed by atoms with E-state index < -0.39 is 12.0 Å². The third-order valence-electron chi connectivity index (χ3n) is 3.53. The summed E-state index contributed by atoms with van der Waals surface area (Å²) in [4.78, 5) is 17.7. The van der Waals surface area contributed by atoms with Crippen LogP contribution in [0.2, 0.25) is 0 Å². The first kappa shape index (κ1) is 17.5. The lowest BCUT2D eigenvalue weighted by Crippen LogP contribution is -2.23. The van der Waals surface area contributed by atoms with E-state index in [2.05, 4.69) is 4.98 Å². The second kappa shape index (κ2) is 7.28. The van der Waals surface area contributed by atoms with Crippen LogP contribution in [0.15, 0.2) is 50.2 Å². The molecule has 0 bridgehead atoms. The summed E-state index contributed by atoms with van der Waals surface area (Å²) in [6.07, 6.45) is 1.99. The molecule has 3 rings (SSSR count). The van der Waals surface area contributed by atoms with Crippen molar-refractivity contribution in [1.82, 2.24) is 9.88 Å². The van der Waals surface area contributed by atoms with Crippen LogP contribution >= 0.6 is 23.1 Å². The van der Waals surface area contributed by atoms with Gasteiger partial charge in [-0.1, -0.05) is 11.8 Å². The van der Waals surface area contributed by atoms with E-state index in [0.29, 0.717) is 11.1 Å². The Morgan fingerprint density at radius 1 is 1.44 bits per heavy atom. The van der Waals surface area contributed by atoms with Gasteiger partial charge in [-0.05, 0) is 31.2 Å². The van der Waals surface area contributed by atoms with Crippen molar-refractivity contribution in [1.29, 1.82) is 0 Å². The Morgan fingerprint density at radius 2 is 2.24 bits per heavy atom. The van der Waals surface area contributed by atoms with Crippen molar-refractivity contribution in [2.24, 2.45) is 0 Å². The molecule has 130 valence electrons. The second-order valence-electron chi connectivity index (χ2n) is 5.34. The van der Waals surface area contributed by atoms with E-state index in [4.69, 9.17) is 9.52 Å². The maximum atomic E-state index is 14.2. The zero-order chi connectivity index (χ0) is 18.0. The first-order valence-electron chi connectivity index (χ1n) is 7.35. The molecular formula is C17H15FN2O3S2. The molecule has 1 amide bonds. The van der Waals surface area contributed by atoms with Crippen LogP contribution in [0, 0.1) is 12.9 Å². The first-order chi connectivity index (χ1) is 12.0. The topological polar surface area (TPSA) is 66.6 Å². The molecule has 3 aromatic heterocycles. The van der Waals surface area contributed by atoms with E-state index in [1.54, 1.807) is 18.4 Å². The molecule has 0 spiro atoms. The smallest absolute Gasteiger partial charge is 0.407 e. The number of rotatable bonds is 5. The number of pyridine rings is 1. The van der Waals surface area contributed by atoms with E-state index >= 15 is 0 Å². The number of halogens is 1. The number of furan rings is 1. The molecule has 0 saturated carbocycles. The van der Waals surface area contributed by atoms with Crippen molar-refractivity contribution in [2.75, 3.05) is 7.05 Å². The average Bonchev–Trinajstić information content (AvgIpc) is 3.15. The molecule has 25 heavy (non-hydrogen) atoms. The fraction of sp³-hybridized carbons (Fsp3) is 0.176. The quantitative estimate of drug-likeness (QED) is 0.625. The number of nitrogens with zero attached hydrogens (tertiary/aromatic N) is 2. The minimum atomic E-state index is -1.01. The summed E-state index contributed by atoms with van der Waals surface area (Å²) in [5, 5.41) is 9.07. The lowest BCUT2D eigenvalue weighted by Gasteiger charge is -2.10. The van der Waals surface area contributed by atoms with E-state index in [1.165, 1.54) is 41.2 Å². The standard InChI is InChI=1S/C17H15FN2O3S2/c1-10-14(5-7-23-10)25-16-13(12-4-3-6-19-15(12)18)8-11(24-16)9-20(2)17(21)22/h3-8H,9H2,1-2H3,(H,21,22). The molecule has 0 aliphatic heterocycles. The third kappa shape index (κ3) is 3.85. The third-order valence-corrected chi connectivity index (χ3v) is 5.99. The van der Waals surface area contributed by atoms with E-state index in [9.17, 15) is 9.18 Å². The van der Waals surface area contributed by atoms with Gasteiger partial charge in [0, 0.05) is 29.2 Å². The second-order valence-corrected chi connectivity index (χ2v) is 7.78. The highest BCUT2D eigenvalue weighted by atomic mass is 32.2. The number of aromatic nitrogens is 1. The Bertz CT molecular complexity index is 907. The molecular weight excluding hydrogens is 363 g/mol. The summed E-state index contributed by atoms with van der Waals surface area (Å²) >= 11 is 2.91. The largest absolute Gasteiger partial charge is 0.468 e. The highest BCUT2D eigenvalue weighted by Crippen LogP contribution is 2.44. The first-order valence-corrected chi connectivity index (χ1v) is 8.98. The zero-order valence-electron chi connectivity index (χ0n) is 13.5. The van der Waals surface area contributed by atoms with Crippen molar-refractivity contribution in [3.63, 3.8) is 0 Å². The predicted molar refractivity (Wildman–Crippen MR) is 94.6 cm³/mol. The van der Waals surface area contributed by atoms with E-state index in [0.717, 1.165) is 19.7 Å². The molecule has 5 nitrogen and oxygen atoms in total. The minimum absolute atomic E-state index is 0.236. The maximum absolute atomic E-state index is 14.2. The van der Waals surface area contributed by atoms with Crippen molar-refractivity contribution in [3.8, 4) is 11.1 Å². The zero-order valence-corrected chi connectivity index (χ0v) is 15.2. The number of carboxylic acid groups (broad SMARTS) is 1. The Kier molecular flexibility index (Phi) is 5.10. The van der Waals surface area contributed by atoms with Gasteiger partial charge in [0.15, 0.2) is 0 Å². The van der Waals surface area contributed by atoms with Crippen molar-refractivity contribution in [3.05, 3.63) is 53.3 Å². The predicted octanol–water partition coefficient (Wildman–Crippen LogP) is 5.11. The van der Waals surface area contributed by atoms with Gasteiger partial charge >= 0.3 is 6.09 Å². The van der Waals surface area contributed by atoms with Crippen LogP contribution in [0.3, 0.4) is 0 Å². The van der Waals surface area contributed by atoms with Crippen molar-refractivity contribution in [2.45, 2.75) is 22.6 Å². The van der Waals surface area contributed by atoms with Gasteiger partial charge in [-0.2, -0.15) is 4.39 Å². The summed E-state index contributed by atoms with van der Waals surface area (Å²) in [6.45, 7) is 2.10. The van der Waals surface area contributed by atoms with Gasteiger partial charge in [-0.3, -0.25) is 0 Å². The number of thiophene rings is 1. The summed E-state index contributed by atoms with van der Waals surface area (Å²) in [5.41, 5.74) is 1.10. The van der Waals surface area contributed by atoms with Crippen LogP contribution < -0.4 is 0 Å². The monoisotopic (exact) mass is 378 g/mol. The van der Waals surface area contributed by atoms with Crippen LogP contribution in [0.1, 0.15) is 10.6 Å².